The van der Waals surface area contributed by atoms with Crippen LogP contribution >= 0.6 is 0 Å². The quantitative estimate of drug-likeness (QED) is 0.0738. The first-order valence-electron chi connectivity index (χ1n) is 14.4. The van der Waals surface area contributed by atoms with Crippen LogP contribution in [-0.2, 0) is 22.4 Å². The summed E-state index contributed by atoms with van der Waals surface area (Å²) in [6, 6.07) is 25.6. The van der Waals surface area contributed by atoms with Crippen molar-refractivity contribution in [1.29, 1.82) is 0 Å². The van der Waals surface area contributed by atoms with E-state index in [9.17, 15) is 9.90 Å². The molecule has 0 unspecified atom stereocenters. The summed E-state index contributed by atoms with van der Waals surface area (Å²) in [7, 11) is 0. The maximum Gasteiger partial charge on any atom is 0.335 e. The van der Waals surface area contributed by atoms with Gasteiger partial charge in [0.15, 0.2) is 11.5 Å². The summed E-state index contributed by atoms with van der Waals surface area (Å²) >= 11 is 0. The molecular formula is C36H40O5. The Morgan fingerprint density at radius 3 is 2.22 bits per heavy atom. The predicted molar refractivity (Wildman–Crippen MR) is 166 cm³/mol. The first-order chi connectivity index (χ1) is 19.9. The van der Waals surface area contributed by atoms with Crippen molar-refractivity contribution in [3.63, 3.8) is 0 Å². The number of hydrogen-bond acceptors (Lipinski definition) is 5. The average molecular weight is 553 g/mol. The summed E-state index contributed by atoms with van der Waals surface area (Å²) in [6.45, 7) is 9.36. The van der Waals surface area contributed by atoms with Crippen LogP contribution in [0, 0.1) is 0 Å². The van der Waals surface area contributed by atoms with E-state index < -0.39 is 5.97 Å². The zero-order valence-electron chi connectivity index (χ0n) is 24.4. The molecule has 4 rings (SSSR count). The minimum atomic E-state index is -0.526. The van der Waals surface area contributed by atoms with Crippen molar-refractivity contribution < 1.29 is 24.1 Å². The Morgan fingerprint density at radius 1 is 0.805 bits per heavy atom. The molecule has 5 heteroatoms. The normalized spacial score (nSPS) is 10.9. The Morgan fingerprint density at radius 2 is 1.51 bits per heavy atom. The molecule has 0 fully saturated rings. The minimum absolute atomic E-state index is 0.124. The van der Waals surface area contributed by atoms with Gasteiger partial charge in [-0.2, -0.15) is 0 Å². The molecule has 0 saturated heterocycles. The fourth-order valence-corrected chi connectivity index (χ4v) is 4.89. The summed E-state index contributed by atoms with van der Waals surface area (Å²) in [5.41, 5.74) is 7.59. The molecule has 0 amide bonds. The molecule has 1 N–H and O–H groups in total. The highest BCUT2D eigenvalue weighted by Crippen LogP contribution is 2.35. The van der Waals surface area contributed by atoms with Crippen molar-refractivity contribution in [3.05, 3.63) is 96.1 Å². The van der Waals surface area contributed by atoms with Crippen LogP contribution in [0.1, 0.15) is 51.2 Å². The van der Waals surface area contributed by atoms with E-state index in [4.69, 9.17) is 14.2 Å². The van der Waals surface area contributed by atoms with E-state index in [1.165, 1.54) is 46.9 Å². The molecule has 0 aromatic heterocycles. The van der Waals surface area contributed by atoms with E-state index in [2.05, 4.69) is 75.0 Å². The number of aliphatic hydroxyl groups is 1. The molecule has 4 aromatic carbocycles. The summed E-state index contributed by atoms with van der Waals surface area (Å²) in [6.07, 6.45) is 5.90. The van der Waals surface area contributed by atoms with Gasteiger partial charge in [-0.15, -0.1) is 0 Å². The molecule has 0 aliphatic carbocycles. The second-order valence-electron chi connectivity index (χ2n) is 10.3. The van der Waals surface area contributed by atoms with Gasteiger partial charge in [0, 0.05) is 5.57 Å². The van der Waals surface area contributed by atoms with Crippen molar-refractivity contribution >= 4 is 16.7 Å². The Labute approximate surface area is 243 Å². The van der Waals surface area contributed by atoms with Crippen LogP contribution in [0.25, 0.3) is 33.0 Å². The van der Waals surface area contributed by atoms with Crippen LogP contribution < -0.4 is 9.47 Å². The average Bonchev–Trinajstić information content (AvgIpc) is 2.99. The van der Waals surface area contributed by atoms with Crippen LogP contribution in [0.15, 0.2) is 84.9 Å². The molecule has 0 atom stereocenters. The van der Waals surface area contributed by atoms with Crippen molar-refractivity contribution in [3.8, 4) is 33.8 Å². The number of ether oxygens (including phenoxy) is 3. The lowest BCUT2D eigenvalue weighted by Gasteiger charge is -2.15. The number of benzene rings is 4. The number of carbonyl (C=O) groups is 1. The number of rotatable bonds is 14. The highest BCUT2D eigenvalue weighted by atomic mass is 16.7. The molecule has 4 aromatic rings. The largest absolute Gasteiger partial charge is 0.487 e. The SMILES string of the molecule is C=C(C)C(=O)OCOc1cc(-c2ccc3cc(-c4ccc(CCCCC)cc4CC)ccc3c2)ccc1OCCO. The minimum Gasteiger partial charge on any atom is -0.487 e. The number of aryl methyl sites for hydroxylation is 2. The molecule has 0 bridgehead atoms. The lowest BCUT2D eigenvalue weighted by Crippen LogP contribution is -2.11. The van der Waals surface area contributed by atoms with E-state index in [1.807, 2.05) is 12.1 Å². The number of unbranched alkanes of at least 4 members (excludes halogenated alkanes) is 2. The molecule has 0 radical (unpaired) electrons. The second kappa shape index (κ2) is 14.5. The number of hydrogen-bond donors (Lipinski definition) is 1. The van der Waals surface area contributed by atoms with Gasteiger partial charge in [0.2, 0.25) is 6.79 Å². The van der Waals surface area contributed by atoms with Gasteiger partial charge >= 0.3 is 5.97 Å². The zero-order chi connectivity index (χ0) is 29.2. The van der Waals surface area contributed by atoms with E-state index in [-0.39, 0.29) is 20.0 Å². The highest BCUT2D eigenvalue weighted by molar-refractivity contribution is 5.91. The molecule has 0 aliphatic heterocycles. The topological polar surface area (TPSA) is 65.0 Å². The lowest BCUT2D eigenvalue weighted by molar-refractivity contribution is -0.145. The number of fused-ring (bicyclic) bond motifs is 1. The van der Waals surface area contributed by atoms with Crippen LogP contribution in [0.2, 0.25) is 0 Å². The first kappa shape index (κ1) is 29.9. The third-order valence-corrected chi connectivity index (χ3v) is 7.15. The van der Waals surface area contributed by atoms with Gasteiger partial charge in [-0.25, -0.2) is 4.79 Å². The molecule has 0 heterocycles. The maximum absolute atomic E-state index is 11.8. The van der Waals surface area contributed by atoms with Crippen LogP contribution in [0.4, 0.5) is 0 Å². The third kappa shape index (κ3) is 7.77. The van der Waals surface area contributed by atoms with Gasteiger partial charge in [-0.3, -0.25) is 0 Å². The van der Waals surface area contributed by atoms with Gasteiger partial charge in [0.05, 0.1) is 6.61 Å². The second-order valence-corrected chi connectivity index (χ2v) is 10.3. The molecule has 0 spiro atoms. The van der Waals surface area contributed by atoms with Crippen molar-refractivity contribution in [1.82, 2.24) is 0 Å². The monoisotopic (exact) mass is 552 g/mol. The van der Waals surface area contributed by atoms with Crippen molar-refractivity contribution in [2.45, 2.75) is 52.9 Å². The standard InChI is InChI=1S/C36H40O5/c1-5-7-8-9-26-10-16-33(27(6-2)20-26)32-14-13-28-21-29(11-12-30(28)22-32)31-15-17-34(39-19-18-37)35(23-31)40-24-41-36(38)25(3)4/h10-17,20-23,37H,3,5-9,18-19,24H2,1-2,4H3. The lowest BCUT2D eigenvalue weighted by atomic mass is 9.92. The fourth-order valence-electron chi connectivity index (χ4n) is 4.89. The van der Waals surface area contributed by atoms with Gasteiger partial charge < -0.3 is 19.3 Å². The van der Waals surface area contributed by atoms with E-state index in [0.717, 1.165) is 29.4 Å². The van der Waals surface area contributed by atoms with Crippen molar-refractivity contribution in [2.75, 3.05) is 20.0 Å². The van der Waals surface area contributed by atoms with Gasteiger partial charge in [-0.05, 0) is 94.6 Å². The first-order valence-corrected chi connectivity index (χ1v) is 14.4. The number of aliphatic hydroxyl groups excluding tert-OH is 1. The van der Waals surface area contributed by atoms with Crippen LogP contribution in [0.3, 0.4) is 0 Å². The Kier molecular flexibility index (Phi) is 10.6. The Hall–Kier alpha value is -4.09. The van der Waals surface area contributed by atoms with E-state index in [0.29, 0.717) is 17.1 Å². The predicted octanol–water partition coefficient (Wildman–Crippen LogP) is 8.30. The maximum atomic E-state index is 11.8. The molecule has 5 nitrogen and oxygen atoms in total. The van der Waals surface area contributed by atoms with Gasteiger partial charge in [0.1, 0.15) is 6.61 Å². The summed E-state index contributed by atoms with van der Waals surface area (Å²) in [4.78, 5) is 11.8. The van der Waals surface area contributed by atoms with Gasteiger partial charge in [-0.1, -0.05) is 81.8 Å². The van der Waals surface area contributed by atoms with Crippen LogP contribution in [0.5, 0.6) is 11.5 Å². The molecule has 0 aliphatic rings. The zero-order valence-corrected chi connectivity index (χ0v) is 24.4. The number of esters is 1. The Bertz CT molecular complexity index is 1500. The van der Waals surface area contributed by atoms with Crippen LogP contribution in [-0.4, -0.2) is 31.1 Å². The van der Waals surface area contributed by atoms with E-state index in [1.54, 1.807) is 13.0 Å². The highest BCUT2D eigenvalue weighted by Gasteiger charge is 2.12. The third-order valence-electron chi connectivity index (χ3n) is 7.15. The smallest absolute Gasteiger partial charge is 0.335 e. The molecule has 0 saturated carbocycles. The van der Waals surface area contributed by atoms with Crippen molar-refractivity contribution in [2.24, 2.45) is 0 Å². The summed E-state index contributed by atoms with van der Waals surface area (Å²) in [5, 5.41) is 11.5. The molecular weight excluding hydrogens is 512 g/mol. The summed E-state index contributed by atoms with van der Waals surface area (Å²) in [5.74, 6) is 0.357. The van der Waals surface area contributed by atoms with E-state index >= 15 is 0 Å². The Balaban J connectivity index is 1.58. The molecule has 214 valence electrons. The van der Waals surface area contributed by atoms with Gasteiger partial charge in [0.25, 0.3) is 0 Å². The molecule has 41 heavy (non-hydrogen) atoms. The number of carbonyl (C=O) groups excluding carboxylic acids is 1. The fraction of sp³-hybridized carbons (Fsp3) is 0.306. The summed E-state index contributed by atoms with van der Waals surface area (Å²) < 4.78 is 16.5.